The van der Waals surface area contributed by atoms with E-state index >= 15 is 0 Å². The van der Waals surface area contributed by atoms with Gasteiger partial charge in [-0.1, -0.05) is 129 Å². The summed E-state index contributed by atoms with van der Waals surface area (Å²) in [5.41, 5.74) is 1.78. The van der Waals surface area contributed by atoms with Crippen LogP contribution in [-0.4, -0.2) is 59.3 Å². The van der Waals surface area contributed by atoms with Gasteiger partial charge in [0, 0.05) is 51.7 Å². The lowest BCUT2D eigenvalue weighted by molar-refractivity contribution is 0.383. The van der Waals surface area contributed by atoms with Gasteiger partial charge in [0.25, 0.3) is 11.1 Å². The fraction of sp³-hybridized carbons (Fsp3) is 0.490. The molecule has 0 aliphatic rings. The van der Waals surface area contributed by atoms with E-state index in [9.17, 15) is 26.4 Å². The molecule has 8 rings (SSSR count). The van der Waals surface area contributed by atoms with Crippen molar-refractivity contribution in [3.05, 3.63) is 81.4 Å². The Hall–Kier alpha value is -4.72. The van der Waals surface area contributed by atoms with Crippen LogP contribution >= 0.6 is 0 Å². The van der Waals surface area contributed by atoms with Gasteiger partial charge in [0.1, 0.15) is 11.3 Å². The number of unbranched alkanes of at least 4 members (excludes halogenated alkanes) is 18. The number of benzene rings is 4. The Bertz CT molecular complexity index is 3250. The van der Waals surface area contributed by atoms with Crippen molar-refractivity contribution in [1.82, 2.24) is 23.1 Å². The summed E-state index contributed by atoms with van der Waals surface area (Å²) in [5.74, 6) is 0. The Labute approximate surface area is 376 Å². The number of hydrogen-bond acceptors (Lipinski definition) is 8. The average molecular weight is 906 g/mol. The van der Waals surface area contributed by atoms with Crippen LogP contribution in [0, 0.1) is 0 Å². The van der Waals surface area contributed by atoms with Crippen molar-refractivity contribution in [3.63, 3.8) is 0 Å². The van der Waals surface area contributed by atoms with Crippen LogP contribution in [0.15, 0.2) is 80.0 Å². The van der Waals surface area contributed by atoms with Crippen LogP contribution < -0.4 is 11.1 Å². The number of imidazole rings is 2. The first kappa shape index (κ1) is 45.8. The van der Waals surface area contributed by atoms with E-state index in [1.807, 2.05) is 0 Å². The molecular formula is C51H63N5O6S2. The fourth-order valence-electron chi connectivity index (χ4n) is 9.79. The van der Waals surface area contributed by atoms with Gasteiger partial charge in [-0.15, -0.1) is 0 Å². The van der Waals surface area contributed by atoms with Gasteiger partial charge in [-0.3, -0.25) is 18.4 Å². The van der Waals surface area contributed by atoms with E-state index in [2.05, 4.69) is 13.8 Å². The van der Waals surface area contributed by atoms with Gasteiger partial charge in [-0.25, -0.2) is 26.8 Å². The zero-order valence-corrected chi connectivity index (χ0v) is 39.5. The maximum Gasteiger partial charge on any atom is 0.264 e. The highest BCUT2D eigenvalue weighted by Gasteiger charge is 2.27. The van der Waals surface area contributed by atoms with Crippen molar-refractivity contribution in [2.24, 2.45) is 0 Å². The molecule has 4 aromatic carbocycles. The molecule has 0 spiro atoms. The first-order valence-corrected chi connectivity index (χ1v) is 27.2. The van der Waals surface area contributed by atoms with Crippen molar-refractivity contribution >= 4 is 85.5 Å². The topological polar surface area (TPSA) is 140 Å². The monoisotopic (exact) mass is 905 g/mol. The van der Waals surface area contributed by atoms with E-state index < -0.39 is 19.9 Å². The summed E-state index contributed by atoms with van der Waals surface area (Å²) in [4.78, 5) is 38.8. The van der Waals surface area contributed by atoms with Crippen molar-refractivity contribution in [3.8, 4) is 0 Å². The average Bonchev–Trinajstić information content (AvgIpc) is 3.87. The number of sulfonamides is 1. The Morgan fingerprint density at radius 1 is 0.469 bits per heavy atom. The van der Waals surface area contributed by atoms with Crippen molar-refractivity contribution in [1.29, 1.82) is 0 Å². The van der Waals surface area contributed by atoms with Crippen LogP contribution in [0.2, 0.25) is 0 Å². The lowest BCUT2D eigenvalue weighted by Gasteiger charge is -2.22. The van der Waals surface area contributed by atoms with Gasteiger partial charge in [0.2, 0.25) is 10.0 Å². The second-order valence-corrected chi connectivity index (χ2v) is 22.0. The Morgan fingerprint density at radius 3 is 1.23 bits per heavy atom. The van der Waals surface area contributed by atoms with Crippen LogP contribution in [0.5, 0.6) is 0 Å². The van der Waals surface area contributed by atoms with Gasteiger partial charge in [0.05, 0.1) is 31.9 Å². The maximum absolute atomic E-state index is 14.6. The number of fused-ring (bicyclic) bond motifs is 8. The summed E-state index contributed by atoms with van der Waals surface area (Å²) < 4.78 is 58.7. The molecule has 0 saturated carbocycles. The lowest BCUT2D eigenvalue weighted by Crippen LogP contribution is -2.33. The van der Waals surface area contributed by atoms with E-state index in [-0.39, 0.29) is 20.9 Å². The third-order valence-electron chi connectivity index (χ3n) is 13.3. The number of sulfone groups is 1. The minimum Gasteiger partial charge on any atom is -0.268 e. The van der Waals surface area contributed by atoms with Crippen molar-refractivity contribution in [2.75, 3.05) is 19.3 Å². The smallest absolute Gasteiger partial charge is 0.264 e. The van der Waals surface area contributed by atoms with Crippen LogP contribution in [0.3, 0.4) is 0 Å². The zero-order valence-electron chi connectivity index (χ0n) is 37.8. The minimum atomic E-state index is -3.90. The van der Waals surface area contributed by atoms with Gasteiger partial charge in [-0.2, -0.15) is 4.31 Å². The molecule has 64 heavy (non-hydrogen) atoms. The number of nitrogens with zero attached hydrogens (tertiary/aromatic N) is 5. The summed E-state index contributed by atoms with van der Waals surface area (Å²) in [7, 11) is -7.44. The predicted molar refractivity (Wildman–Crippen MR) is 262 cm³/mol. The van der Waals surface area contributed by atoms with Crippen LogP contribution in [0.4, 0.5) is 0 Å². The molecule has 0 radical (unpaired) electrons. The summed E-state index contributed by atoms with van der Waals surface area (Å²) in [6, 6.07) is 16.5. The first-order valence-electron chi connectivity index (χ1n) is 23.9. The van der Waals surface area contributed by atoms with E-state index in [1.54, 1.807) is 52.8 Å². The molecule has 0 bridgehead atoms. The highest BCUT2D eigenvalue weighted by Crippen LogP contribution is 2.37. The molecule has 0 fully saturated rings. The van der Waals surface area contributed by atoms with E-state index in [1.165, 1.54) is 111 Å². The minimum absolute atomic E-state index is 0.0860. The van der Waals surface area contributed by atoms with Crippen LogP contribution in [-0.2, 0) is 19.9 Å². The van der Waals surface area contributed by atoms with E-state index in [4.69, 9.17) is 9.97 Å². The zero-order chi connectivity index (χ0) is 45.0. The highest BCUT2D eigenvalue weighted by molar-refractivity contribution is 7.90. The van der Waals surface area contributed by atoms with E-state index in [0.717, 1.165) is 44.8 Å². The van der Waals surface area contributed by atoms with E-state index in [0.29, 0.717) is 78.8 Å². The van der Waals surface area contributed by atoms with Gasteiger partial charge < -0.3 is 0 Å². The van der Waals surface area contributed by atoms with Gasteiger partial charge in [-0.05, 0) is 73.5 Å². The SMILES string of the molecule is CCCCCCCCCCCCN(CCCCCCCCCCCC)S(=O)(=O)c1ccc2nc3c4ccc5c(=O)n6c7cc(S(C)(=O)=O)ccc7nc6c6ccc(c(=O)n3c2c1)c4c56. The van der Waals surface area contributed by atoms with Gasteiger partial charge >= 0.3 is 0 Å². The summed E-state index contributed by atoms with van der Waals surface area (Å²) in [6.07, 6.45) is 24.6. The molecule has 11 nitrogen and oxygen atoms in total. The molecule has 0 amide bonds. The summed E-state index contributed by atoms with van der Waals surface area (Å²) >= 11 is 0. The molecule has 4 aromatic heterocycles. The molecule has 8 aromatic rings. The largest absolute Gasteiger partial charge is 0.268 e. The van der Waals surface area contributed by atoms with Crippen LogP contribution in [0.25, 0.3) is 65.7 Å². The predicted octanol–water partition coefficient (Wildman–Crippen LogP) is 11.6. The fourth-order valence-corrected chi connectivity index (χ4v) is 12.0. The second kappa shape index (κ2) is 19.8. The summed E-state index contributed by atoms with van der Waals surface area (Å²) in [6.45, 7) is 5.40. The van der Waals surface area contributed by atoms with Gasteiger partial charge in [0.15, 0.2) is 9.84 Å². The number of rotatable bonds is 25. The Morgan fingerprint density at radius 2 is 0.828 bits per heavy atom. The number of hydrogen-bond donors (Lipinski definition) is 0. The van der Waals surface area contributed by atoms with Crippen LogP contribution in [0.1, 0.15) is 142 Å². The standard InChI is InChI=1S/C51H63N5O6S2/c1-4-6-8-10-12-14-16-18-20-22-32-54(33-23-21-19-17-15-13-11-9-7-5-2)64(61,62)37-25-31-43-45(35-37)56-49(53-43)39-27-28-40-46-38(26-29-41(47(39)46)51(56)58)48-52-42-30-24-36(63(3,59)60)34-44(42)55(48)50(40)57/h24-31,34-35H,4-23,32-33H2,1-3H3. The first-order chi connectivity index (χ1) is 31.0. The molecule has 0 atom stereocenters. The molecule has 340 valence electrons. The maximum atomic E-state index is 14.6. The molecule has 13 heteroatoms. The molecule has 0 saturated heterocycles. The molecule has 4 heterocycles. The third kappa shape index (κ3) is 9.09. The highest BCUT2D eigenvalue weighted by atomic mass is 32.2. The number of pyridine rings is 2. The van der Waals surface area contributed by atoms with Crippen molar-refractivity contribution < 1.29 is 16.8 Å². The normalized spacial score (nSPS) is 12.9. The Kier molecular flexibility index (Phi) is 14.2. The molecular weight excluding hydrogens is 843 g/mol. The molecule has 0 unspecified atom stereocenters. The molecule has 0 aliphatic carbocycles. The number of aromatic nitrogens is 4. The quantitative estimate of drug-likeness (QED) is 0.0408. The molecule has 0 aliphatic heterocycles. The second-order valence-electron chi connectivity index (χ2n) is 18.1. The van der Waals surface area contributed by atoms with Crippen molar-refractivity contribution in [2.45, 2.75) is 152 Å². The summed E-state index contributed by atoms with van der Waals surface area (Å²) in [5, 5.41) is 3.19. The Balaban J connectivity index is 1.10. The molecule has 0 N–H and O–H groups in total. The lowest BCUT2D eigenvalue weighted by atomic mass is 9.96. The third-order valence-corrected chi connectivity index (χ3v) is 16.4.